The lowest BCUT2D eigenvalue weighted by Crippen LogP contribution is -2.49. The van der Waals surface area contributed by atoms with E-state index in [0.29, 0.717) is 5.75 Å². The van der Waals surface area contributed by atoms with Crippen molar-refractivity contribution < 1.29 is 19.4 Å². The van der Waals surface area contributed by atoms with Crippen LogP contribution in [0.15, 0.2) is 90.0 Å². The largest absolute Gasteiger partial charge is 0.497 e. The van der Waals surface area contributed by atoms with Crippen LogP contribution < -0.4 is 26.8 Å². The fourth-order valence-electron chi connectivity index (χ4n) is 4.03. The molecule has 0 fully saturated rings. The number of rotatable bonds is 13. The van der Waals surface area contributed by atoms with E-state index in [1.165, 1.54) is 0 Å². The fraction of sp³-hybridized carbons (Fsp3) is 0.250. The summed E-state index contributed by atoms with van der Waals surface area (Å²) in [6.07, 6.45) is 0.150. The van der Waals surface area contributed by atoms with Gasteiger partial charge in [0.25, 0.3) is 0 Å². The monoisotopic (exact) mass is 532 g/mol. The molecule has 0 aromatic heterocycles. The highest BCUT2D eigenvalue weighted by atomic mass is 16.7. The van der Waals surface area contributed by atoms with Crippen molar-refractivity contribution in [2.75, 3.05) is 7.11 Å². The van der Waals surface area contributed by atoms with E-state index in [1.54, 1.807) is 19.2 Å². The number of nitrogens with two attached hydrogens (primary N) is 2. The molecule has 0 spiro atoms. The number of benzene rings is 3. The maximum Gasteiger partial charge on any atom is 0.242 e. The maximum atomic E-state index is 13.7. The van der Waals surface area contributed by atoms with E-state index < -0.39 is 28.9 Å². The number of nitrogens with zero attached hydrogens (tertiary/aromatic N) is 2. The van der Waals surface area contributed by atoms with Crippen LogP contribution in [0.3, 0.4) is 0 Å². The van der Waals surface area contributed by atoms with Gasteiger partial charge >= 0.3 is 0 Å². The summed E-state index contributed by atoms with van der Waals surface area (Å²) in [5.41, 5.74) is 13.9. The molecule has 3 aromatic rings. The van der Waals surface area contributed by atoms with Crippen molar-refractivity contribution in [3.8, 4) is 5.75 Å². The molecule has 2 atom stereocenters. The quantitative estimate of drug-likeness (QED) is 0.113. The fourth-order valence-corrected chi connectivity index (χ4v) is 4.03. The van der Waals surface area contributed by atoms with Crippen LogP contribution in [0.5, 0.6) is 5.75 Å². The van der Waals surface area contributed by atoms with Gasteiger partial charge in [-0.2, -0.15) is 0 Å². The Labute approximate surface area is 226 Å². The van der Waals surface area contributed by atoms with Crippen molar-refractivity contribution in [1.29, 1.82) is 0 Å². The lowest BCUT2D eigenvalue weighted by Gasteiger charge is -2.24. The van der Waals surface area contributed by atoms with Gasteiger partial charge in [0.2, 0.25) is 11.8 Å². The molecule has 0 bridgehead atoms. The first kappa shape index (κ1) is 28.8. The molecule has 0 radical (unpaired) electrons. The van der Waals surface area contributed by atoms with E-state index in [2.05, 4.69) is 15.7 Å². The van der Waals surface area contributed by atoms with Crippen LogP contribution in [0.1, 0.15) is 35.4 Å². The first-order valence-electron chi connectivity index (χ1n) is 12.3. The Kier molecular flexibility index (Phi) is 10.5. The van der Waals surface area contributed by atoms with Gasteiger partial charge in [0.1, 0.15) is 11.8 Å². The zero-order valence-corrected chi connectivity index (χ0v) is 21.5. The highest BCUT2D eigenvalue weighted by Crippen LogP contribution is 2.25. The molecule has 11 heteroatoms. The first-order chi connectivity index (χ1) is 18.8. The molecule has 0 aliphatic heterocycles. The molecule has 0 heterocycles. The molecule has 0 aliphatic carbocycles. The van der Waals surface area contributed by atoms with Gasteiger partial charge in [0.15, 0.2) is 10.9 Å². The van der Waals surface area contributed by atoms with Crippen molar-refractivity contribution in [2.24, 2.45) is 16.6 Å². The minimum absolute atomic E-state index is 0.0748. The molecule has 0 aliphatic rings. The van der Waals surface area contributed by atoms with Gasteiger partial charge in [0.05, 0.1) is 24.2 Å². The van der Waals surface area contributed by atoms with Gasteiger partial charge in [-0.3, -0.25) is 9.59 Å². The first-order valence-corrected chi connectivity index (χ1v) is 12.3. The lowest BCUT2D eigenvalue weighted by atomic mass is 9.90. The summed E-state index contributed by atoms with van der Waals surface area (Å²) in [5.74, 6) is -1.16. The van der Waals surface area contributed by atoms with Crippen LogP contribution >= 0.6 is 0 Å². The molecule has 204 valence electrons. The van der Waals surface area contributed by atoms with Crippen molar-refractivity contribution >= 4 is 17.6 Å². The zero-order valence-electron chi connectivity index (χ0n) is 21.5. The molecular formula is C28H32N6O5. The Bertz CT molecular complexity index is 1230. The molecule has 6 N–H and O–H groups in total. The number of amidine groups is 1. The third kappa shape index (κ3) is 8.64. The Hall–Kier alpha value is -4.77. The number of ether oxygens (including phenoxy) is 1. The van der Waals surface area contributed by atoms with E-state index in [4.69, 9.17) is 16.2 Å². The molecule has 3 aromatic carbocycles. The summed E-state index contributed by atoms with van der Waals surface area (Å²) < 4.78 is 5.16. The molecule has 11 nitrogen and oxygen atoms in total. The van der Waals surface area contributed by atoms with E-state index in [9.17, 15) is 19.7 Å². The van der Waals surface area contributed by atoms with E-state index in [0.717, 1.165) is 16.7 Å². The number of carbonyl (C=O) groups is 2. The third-order valence-electron chi connectivity index (χ3n) is 6.13. The lowest BCUT2D eigenvalue weighted by molar-refractivity contribution is -0.485. The molecule has 0 saturated carbocycles. The molecule has 3 rings (SSSR count). The highest BCUT2D eigenvalue weighted by molar-refractivity contribution is 5.92. The smallest absolute Gasteiger partial charge is 0.242 e. The summed E-state index contributed by atoms with van der Waals surface area (Å²) in [4.78, 5) is 37.6. The van der Waals surface area contributed by atoms with E-state index in [-0.39, 0.29) is 31.1 Å². The van der Waals surface area contributed by atoms with Crippen LogP contribution in [0, 0.1) is 10.1 Å². The van der Waals surface area contributed by atoms with Crippen molar-refractivity contribution in [2.45, 2.75) is 37.4 Å². The predicted octanol–water partition coefficient (Wildman–Crippen LogP) is 2.28. The van der Waals surface area contributed by atoms with Gasteiger partial charge < -0.3 is 26.8 Å². The average molecular weight is 533 g/mol. The number of carbonyl (C=O) groups excluding carboxylic acids is 2. The van der Waals surface area contributed by atoms with Crippen LogP contribution in [0.25, 0.3) is 0 Å². The number of hydrogen-bond acceptors (Lipinski definition) is 6. The minimum Gasteiger partial charge on any atom is -0.497 e. The van der Waals surface area contributed by atoms with Crippen LogP contribution in [0.2, 0.25) is 0 Å². The van der Waals surface area contributed by atoms with Gasteiger partial charge in [-0.1, -0.05) is 72.8 Å². The summed E-state index contributed by atoms with van der Waals surface area (Å²) in [6.45, 7) is 0.215. The van der Waals surface area contributed by atoms with E-state index in [1.807, 2.05) is 72.8 Å². The topological polar surface area (TPSA) is 175 Å². The summed E-state index contributed by atoms with van der Waals surface area (Å²) >= 11 is 0. The Morgan fingerprint density at radius 1 is 0.923 bits per heavy atom. The van der Waals surface area contributed by atoms with Crippen LogP contribution in [0.4, 0.5) is 0 Å². The predicted molar refractivity (Wildman–Crippen MR) is 147 cm³/mol. The van der Waals surface area contributed by atoms with Crippen LogP contribution in [-0.2, 0) is 16.1 Å². The minimum atomic E-state index is -0.986. The normalized spacial score (nSPS) is 12.8. The Balaban J connectivity index is 1.80. The molecule has 0 saturated heterocycles. The number of hydrazone groups is 1. The number of methoxy groups -OCH3 is 1. The van der Waals surface area contributed by atoms with Crippen molar-refractivity contribution in [1.82, 2.24) is 10.6 Å². The average Bonchev–Trinajstić information content (AvgIpc) is 2.95. The molecule has 2 amide bonds. The van der Waals surface area contributed by atoms with Crippen molar-refractivity contribution in [3.63, 3.8) is 0 Å². The third-order valence-corrected chi connectivity index (χ3v) is 6.13. The highest BCUT2D eigenvalue weighted by Gasteiger charge is 2.28. The molecule has 39 heavy (non-hydrogen) atoms. The standard InChI is InChI=1S/C28H32N6O5/c1-39-22-14-12-19(13-15-22)18-31-27(35)24(17-16-23(29)26(30)33-34(37)38)32-28(36)25(20-8-4-2-5-9-20)21-10-6-3-7-11-21/h2-15,23-25H,16-18,29H2,1H3,(H2,30,33)(H,31,35)(H,32,36)/t23?,24-/m0/s1. The number of nitrogens with one attached hydrogen (secondary N) is 2. The second-order valence-electron chi connectivity index (χ2n) is 8.83. The SMILES string of the molecule is COc1ccc(CNC(=O)[C@H](CCC(N)C(N)=N[N+](=O)[O-])NC(=O)C(c2ccccc2)c2ccccc2)cc1. The Morgan fingerprint density at radius 2 is 1.49 bits per heavy atom. The van der Waals surface area contributed by atoms with Gasteiger partial charge in [-0.15, -0.1) is 0 Å². The molecular weight excluding hydrogens is 500 g/mol. The van der Waals surface area contributed by atoms with E-state index >= 15 is 0 Å². The van der Waals surface area contributed by atoms with Gasteiger partial charge in [-0.25, -0.2) is 10.1 Å². The number of nitro groups is 1. The summed E-state index contributed by atoms with van der Waals surface area (Å²) in [7, 11) is 1.57. The van der Waals surface area contributed by atoms with Gasteiger partial charge in [0, 0.05) is 6.54 Å². The summed E-state index contributed by atoms with van der Waals surface area (Å²) in [5, 5.41) is 18.5. The maximum absolute atomic E-state index is 13.7. The van der Waals surface area contributed by atoms with Crippen LogP contribution in [-0.4, -0.2) is 41.9 Å². The Morgan fingerprint density at radius 3 is 2.00 bits per heavy atom. The number of amides is 2. The zero-order chi connectivity index (χ0) is 28.2. The summed E-state index contributed by atoms with van der Waals surface area (Å²) in [6, 6.07) is 23.7. The molecule has 1 unspecified atom stereocenters. The second-order valence-corrected chi connectivity index (χ2v) is 8.83. The number of hydrogen-bond donors (Lipinski definition) is 4. The van der Waals surface area contributed by atoms with Gasteiger partial charge in [-0.05, 0) is 41.7 Å². The second kappa shape index (κ2) is 14.2. The van der Waals surface area contributed by atoms with Crippen molar-refractivity contribution in [3.05, 3.63) is 112 Å².